The van der Waals surface area contributed by atoms with Gasteiger partial charge >= 0.3 is 6.29 Å². The van der Waals surface area contributed by atoms with Gasteiger partial charge in [-0.05, 0) is 18.2 Å². The molecule has 0 spiro atoms. The Balaban J connectivity index is 1.84. The van der Waals surface area contributed by atoms with Gasteiger partial charge in [0.15, 0.2) is 11.5 Å². The maximum Gasteiger partial charge on any atom is 0.586 e. The number of anilines is 1. The standard InChI is InChI=1S/C14H7ClF2N2O5/c15-10-3-2-8(19(21)22)6-9(10)13(20)18-7-1-4-11-12(5-7)24-14(16,17)23-11/h1-6H,(H,18,20). The second kappa shape index (κ2) is 5.60. The van der Waals surface area contributed by atoms with Crippen LogP contribution in [0, 0.1) is 10.1 Å². The van der Waals surface area contributed by atoms with E-state index in [1.165, 1.54) is 18.2 Å². The van der Waals surface area contributed by atoms with Gasteiger partial charge in [-0.15, -0.1) is 8.78 Å². The lowest BCUT2D eigenvalue weighted by Crippen LogP contribution is -2.25. The highest BCUT2D eigenvalue weighted by molar-refractivity contribution is 6.34. The van der Waals surface area contributed by atoms with Crippen LogP contribution in [0.1, 0.15) is 10.4 Å². The molecule has 10 heteroatoms. The van der Waals surface area contributed by atoms with Crippen LogP contribution in [0.2, 0.25) is 5.02 Å². The number of carbonyl (C=O) groups excluding carboxylic acids is 1. The Morgan fingerprint density at radius 3 is 2.58 bits per heavy atom. The van der Waals surface area contributed by atoms with Gasteiger partial charge < -0.3 is 14.8 Å². The smallest absolute Gasteiger partial charge is 0.395 e. The fraction of sp³-hybridized carbons (Fsp3) is 0.0714. The lowest BCUT2D eigenvalue weighted by Gasteiger charge is -2.07. The summed E-state index contributed by atoms with van der Waals surface area (Å²) < 4.78 is 34.4. The zero-order valence-electron chi connectivity index (χ0n) is 11.6. The zero-order valence-corrected chi connectivity index (χ0v) is 12.3. The molecular weight excluding hydrogens is 350 g/mol. The van der Waals surface area contributed by atoms with Gasteiger partial charge in [-0.1, -0.05) is 11.6 Å². The van der Waals surface area contributed by atoms with Crippen LogP contribution in [-0.4, -0.2) is 17.1 Å². The number of fused-ring (bicyclic) bond motifs is 1. The average molecular weight is 357 g/mol. The monoisotopic (exact) mass is 356 g/mol. The number of nitrogens with one attached hydrogen (secondary N) is 1. The molecule has 0 saturated heterocycles. The van der Waals surface area contributed by atoms with E-state index >= 15 is 0 Å². The SMILES string of the molecule is O=C(Nc1ccc2c(c1)OC(F)(F)O2)c1cc([N+](=O)[O-])ccc1Cl. The molecule has 1 aliphatic rings. The number of ether oxygens (including phenoxy) is 2. The number of amides is 1. The number of nitro groups is 1. The van der Waals surface area contributed by atoms with Crippen molar-refractivity contribution < 1.29 is 28.0 Å². The van der Waals surface area contributed by atoms with Crippen LogP contribution in [0.25, 0.3) is 0 Å². The third kappa shape index (κ3) is 3.06. The minimum atomic E-state index is -3.77. The number of nitrogens with zero attached hydrogens (tertiary/aromatic N) is 1. The molecule has 0 bridgehead atoms. The fourth-order valence-electron chi connectivity index (χ4n) is 2.03. The number of rotatable bonds is 3. The first-order valence-electron chi connectivity index (χ1n) is 6.40. The van der Waals surface area contributed by atoms with Gasteiger partial charge in [0.2, 0.25) is 0 Å². The Hall–Kier alpha value is -2.94. The van der Waals surface area contributed by atoms with Gasteiger partial charge in [0, 0.05) is 23.9 Å². The number of benzene rings is 2. The highest BCUT2D eigenvalue weighted by Crippen LogP contribution is 2.42. The minimum Gasteiger partial charge on any atom is -0.395 e. The summed E-state index contributed by atoms with van der Waals surface area (Å²) in [4.78, 5) is 22.3. The van der Waals surface area contributed by atoms with Crippen molar-refractivity contribution in [3.05, 3.63) is 57.1 Å². The first-order valence-corrected chi connectivity index (χ1v) is 6.78. The van der Waals surface area contributed by atoms with E-state index in [2.05, 4.69) is 14.8 Å². The molecule has 2 aromatic rings. The molecular formula is C14H7ClF2N2O5. The molecule has 0 aromatic heterocycles. The van der Waals surface area contributed by atoms with Crippen molar-refractivity contribution in [2.45, 2.75) is 6.29 Å². The normalized spacial score (nSPS) is 14.3. The largest absolute Gasteiger partial charge is 0.586 e. The molecule has 7 nitrogen and oxygen atoms in total. The fourth-order valence-corrected chi connectivity index (χ4v) is 2.23. The van der Waals surface area contributed by atoms with Crippen molar-refractivity contribution in [3.8, 4) is 11.5 Å². The first kappa shape index (κ1) is 15.9. The van der Waals surface area contributed by atoms with E-state index in [4.69, 9.17) is 11.6 Å². The summed E-state index contributed by atoms with van der Waals surface area (Å²) in [6.45, 7) is 0. The van der Waals surface area contributed by atoms with Crippen LogP contribution >= 0.6 is 11.6 Å². The number of hydrogen-bond donors (Lipinski definition) is 1. The van der Waals surface area contributed by atoms with Gasteiger partial charge in [0.05, 0.1) is 15.5 Å². The molecule has 0 unspecified atom stereocenters. The molecule has 0 atom stereocenters. The number of hydrogen-bond acceptors (Lipinski definition) is 5. The molecule has 1 amide bonds. The molecule has 1 aliphatic heterocycles. The number of nitro benzene ring substituents is 1. The van der Waals surface area contributed by atoms with Gasteiger partial charge in [0.25, 0.3) is 11.6 Å². The summed E-state index contributed by atoms with van der Waals surface area (Å²) in [5.74, 6) is -1.16. The van der Waals surface area contributed by atoms with Crippen molar-refractivity contribution >= 4 is 28.9 Å². The Morgan fingerprint density at radius 2 is 1.88 bits per heavy atom. The summed E-state index contributed by atoms with van der Waals surface area (Å²) >= 11 is 5.87. The third-order valence-electron chi connectivity index (χ3n) is 3.06. The third-order valence-corrected chi connectivity index (χ3v) is 3.39. The van der Waals surface area contributed by atoms with Gasteiger partial charge in [-0.2, -0.15) is 0 Å². The van der Waals surface area contributed by atoms with Crippen molar-refractivity contribution in [1.82, 2.24) is 0 Å². The summed E-state index contributed by atoms with van der Waals surface area (Å²) in [5.41, 5.74) is -0.314. The Kier molecular flexibility index (Phi) is 3.72. The summed E-state index contributed by atoms with van der Waals surface area (Å²) in [6.07, 6.45) is -3.77. The number of carbonyl (C=O) groups is 1. The van der Waals surface area contributed by atoms with Crippen molar-refractivity contribution in [3.63, 3.8) is 0 Å². The van der Waals surface area contributed by atoms with Crippen LogP contribution in [-0.2, 0) is 0 Å². The molecule has 24 heavy (non-hydrogen) atoms. The van der Waals surface area contributed by atoms with Gasteiger partial charge in [0.1, 0.15) is 0 Å². The summed E-state index contributed by atoms with van der Waals surface area (Å²) in [5, 5.41) is 13.2. The maximum atomic E-state index is 13.0. The highest BCUT2D eigenvalue weighted by atomic mass is 35.5. The minimum absolute atomic E-state index is 0.00498. The van der Waals surface area contributed by atoms with Crippen molar-refractivity contribution in [1.29, 1.82) is 0 Å². The average Bonchev–Trinajstić information content (AvgIpc) is 2.80. The van der Waals surface area contributed by atoms with E-state index in [0.717, 1.165) is 18.2 Å². The first-order chi connectivity index (χ1) is 11.2. The number of non-ortho nitro benzene ring substituents is 1. The second-order valence-corrected chi connectivity index (χ2v) is 5.11. The molecule has 2 aromatic carbocycles. The van der Waals surface area contributed by atoms with Crippen LogP contribution in [0.3, 0.4) is 0 Å². The predicted molar refractivity (Wildman–Crippen MR) is 78.7 cm³/mol. The van der Waals surface area contributed by atoms with E-state index in [9.17, 15) is 23.7 Å². The topological polar surface area (TPSA) is 90.7 Å². The summed E-state index contributed by atoms with van der Waals surface area (Å²) in [6, 6.07) is 7.03. The molecule has 1 heterocycles. The lowest BCUT2D eigenvalue weighted by atomic mass is 10.1. The molecule has 3 rings (SSSR count). The van der Waals surface area contributed by atoms with Gasteiger partial charge in [-0.25, -0.2) is 0 Å². The van der Waals surface area contributed by atoms with E-state index in [-0.39, 0.29) is 33.5 Å². The zero-order chi connectivity index (χ0) is 17.5. The lowest BCUT2D eigenvalue weighted by molar-refractivity contribution is -0.384. The van der Waals surface area contributed by atoms with E-state index in [1.807, 2.05) is 0 Å². The number of alkyl halides is 2. The highest BCUT2D eigenvalue weighted by Gasteiger charge is 2.43. The Morgan fingerprint density at radius 1 is 1.17 bits per heavy atom. The molecule has 0 saturated carbocycles. The van der Waals surface area contributed by atoms with Crippen molar-refractivity contribution in [2.24, 2.45) is 0 Å². The predicted octanol–water partition coefficient (Wildman–Crippen LogP) is 3.82. The van der Waals surface area contributed by atoms with Crippen LogP contribution in [0.4, 0.5) is 20.2 Å². The molecule has 0 aliphatic carbocycles. The van der Waals surface area contributed by atoms with Gasteiger partial charge in [-0.3, -0.25) is 14.9 Å². The summed E-state index contributed by atoms with van der Waals surface area (Å²) in [7, 11) is 0. The molecule has 124 valence electrons. The van der Waals surface area contributed by atoms with Crippen LogP contribution in [0.5, 0.6) is 11.5 Å². The quantitative estimate of drug-likeness (QED) is 0.666. The van der Waals surface area contributed by atoms with Crippen LogP contribution in [0.15, 0.2) is 36.4 Å². The van der Waals surface area contributed by atoms with E-state index in [0.29, 0.717) is 0 Å². The Labute approximate surface area is 137 Å². The number of halogens is 3. The Bertz CT molecular complexity index is 859. The van der Waals surface area contributed by atoms with E-state index < -0.39 is 17.1 Å². The molecule has 1 N–H and O–H groups in total. The van der Waals surface area contributed by atoms with Crippen LogP contribution < -0.4 is 14.8 Å². The van der Waals surface area contributed by atoms with E-state index in [1.54, 1.807) is 0 Å². The van der Waals surface area contributed by atoms with Crippen molar-refractivity contribution in [2.75, 3.05) is 5.32 Å². The maximum absolute atomic E-state index is 13.0. The molecule has 0 fully saturated rings. The second-order valence-electron chi connectivity index (χ2n) is 4.70. The molecule has 0 radical (unpaired) electrons.